The molecule has 22 heavy (non-hydrogen) atoms. The molecule has 1 amide bonds. The molecule has 2 rings (SSSR count). The Morgan fingerprint density at radius 2 is 2.27 bits per heavy atom. The highest BCUT2D eigenvalue weighted by atomic mass is 35.5. The molecule has 0 aromatic carbocycles. The quantitative estimate of drug-likeness (QED) is 0.828. The molecule has 1 aliphatic carbocycles. The van der Waals surface area contributed by atoms with Crippen LogP contribution in [0.2, 0.25) is 0 Å². The van der Waals surface area contributed by atoms with Crippen LogP contribution in [0.5, 0.6) is 5.75 Å². The molecule has 1 heterocycles. The SMILES string of the molecule is COC(=O)CNC(=O)c1ncc(C2=CC(Cl)=CCC2)cc1O. The number of pyridine rings is 1. The van der Waals surface area contributed by atoms with Gasteiger partial charge in [0, 0.05) is 11.2 Å². The summed E-state index contributed by atoms with van der Waals surface area (Å²) in [6, 6.07) is 1.46. The first-order valence-corrected chi connectivity index (χ1v) is 6.99. The third-order valence-electron chi connectivity index (χ3n) is 3.14. The second-order valence-corrected chi connectivity index (χ2v) is 5.08. The molecular formula is C15H15ClN2O4. The number of allylic oxidation sites excluding steroid dienone is 4. The number of aromatic nitrogens is 1. The van der Waals surface area contributed by atoms with Crippen molar-refractivity contribution in [2.45, 2.75) is 12.8 Å². The second kappa shape index (κ2) is 7.09. The van der Waals surface area contributed by atoms with Crippen LogP contribution >= 0.6 is 11.6 Å². The van der Waals surface area contributed by atoms with Crippen LogP contribution in [0.15, 0.2) is 29.4 Å². The van der Waals surface area contributed by atoms with E-state index in [0.717, 1.165) is 18.4 Å². The summed E-state index contributed by atoms with van der Waals surface area (Å²) in [4.78, 5) is 26.8. The molecule has 0 fully saturated rings. The lowest BCUT2D eigenvalue weighted by Gasteiger charge is -2.12. The van der Waals surface area contributed by atoms with Crippen LogP contribution in [0, 0.1) is 0 Å². The molecule has 0 spiro atoms. The van der Waals surface area contributed by atoms with Crippen LogP contribution in [-0.4, -0.2) is 35.6 Å². The zero-order valence-electron chi connectivity index (χ0n) is 11.9. The predicted molar refractivity (Wildman–Crippen MR) is 81.4 cm³/mol. The molecule has 0 radical (unpaired) electrons. The summed E-state index contributed by atoms with van der Waals surface area (Å²) in [5, 5.41) is 12.9. The zero-order valence-corrected chi connectivity index (χ0v) is 12.7. The second-order valence-electron chi connectivity index (χ2n) is 4.65. The summed E-state index contributed by atoms with van der Waals surface area (Å²) in [5.74, 6) is -1.49. The summed E-state index contributed by atoms with van der Waals surface area (Å²) in [5.41, 5.74) is 1.50. The molecule has 1 aliphatic rings. The summed E-state index contributed by atoms with van der Waals surface area (Å²) in [6.07, 6.45) is 6.80. The Labute approximate surface area is 132 Å². The number of aromatic hydroxyl groups is 1. The van der Waals surface area contributed by atoms with Gasteiger partial charge in [-0.3, -0.25) is 9.59 Å². The Bertz CT molecular complexity index is 668. The van der Waals surface area contributed by atoms with Crippen molar-refractivity contribution in [3.8, 4) is 5.75 Å². The van der Waals surface area contributed by atoms with Crippen molar-refractivity contribution < 1.29 is 19.4 Å². The van der Waals surface area contributed by atoms with Crippen LogP contribution in [-0.2, 0) is 9.53 Å². The standard InChI is InChI=1S/C15H15ClN2O4/c1-22-13(20)8-18-15(21)14-12(19)6-10(7-17-14)9-3-2-4-11(16)5-9/h4-7,19H,2-3,8H2,1H3,(H,18,21). The van der Waals surface area contributed by atoms with Crippen molar-refractivity contribution in [2.75, 3.05) is 13.7 Å². The molecule has 116 valence electrons. The number of methoxy groups -OCH3 is 1. The topological polar surface area (TPSA) is 88.5 Å². The highest BCUT2D eigenvalue weighted by Gasteiger charge is 2.16. The fraction of sp³-hybridized carbons (Fsp3) is 0.267. The van der Waals surface area contributed by atoms with Gasteiger partial charge >= 0.3 is 5.97 Å². The lowest BCUT2D eigenvalue weighted by molar-refractivity contribution is -0.139. The number of carbonyl (C=O) groups is 2. The first kappa shape index (κ1) is 16.0. The van der Waals surface area contributed by atoms with Crippen molar-refractivity contribution in [3.63, 3.8) is 0 Å². The van der Waals surface area contributed by atoms with Gasteiger partial charge in [0.05, 0.1) is 7.11 Å². The molecule has 6 nitrogen and oxygen atoms in total. The Morgan fingerprint density at radius 1 is 1.50 bits per heavy atom. The maximum atomic E-state index is 11.8. The van der Waals surface area contributed by atoms with E-state index < -0.39 is 11.9 Å². The predicted octanol–water partition coefficient (Wildman–Crippen LogP) is 1.99. The summed E-state index contributed by atoms with van der Waals surface area (Å²) < 4.78 is 4.41. The van der Waals surface area contributed by atoms with Gasteiger partial charge in [0.25, 0.3) is 5.91 Å². The number of halogens is 1. The lowest BCUT2D eigenvalue weighted by atomic mass is 9.98. The Morgan fingerprint density at radius 3 is 2.91 bits per heavy atom. The molecule has 0 unspecified atom stereocenters. The van der Waals surface area contributed by atoms with Crippen molar-refractivity contribution in [1.29, 1.82) is 0 Å². The van der Waals surface area contributed by atoms with Gasteiger partial charge in [-0.25, -0.2) is 4.98 Å². The van der Waals surface area contributed by atoms with Gasteiger partial charge in [0.15, 0.2) is 5.69 Å². The summed E-state index contributed by atoms with van der Waals surface area (Å²) >= 11 is 5.96. The van der Waals surface area contributed by atoms with Crippen LogP contribution in [0.3, 0.4) is 0 Å². The van der Waals surface area contributed by atoms with Crippen molar-refractivity contribution in [2.24, 2.45) is 0 Å². The molecule has 2 N–H and O–H groups in total. The Kier molecular flexibility index (Phi) is 5.16. The Hall–Kier alpha value is -2.34. The molecule has 0 aliphatic heterocycles. The summed E-state index contributed by atoms with van der Waals surface area (Å²) in [7, 11) is 1.22. The number of carbonyl (C=O) groups excluding carboxylic acids is 2. The normalized spacial score (nSPS) is 13.9. The maximum Gasteiger partial charge on any atom is 0.325 e. The minimum absolute atomic E-state index is 0.147. The maximum absolute atomic E-state index is 11.8. The van der Waals surface area contributed by atoms with Crippen LogP contribution in [0.4, 0.5) is 0 Å². The molecule has 0 saturated carbocycles. The first-order chi connectivity index (χ1) is 10.5. The molecule has 1 aromatic heterocycles. The van der Waals surface area contributed by atoms with E-state index in [1.165, 1.54) is 19.4 Å². The molecular weight excluding hydrogens is 308 g/mol. The van der Waals surface area contributed by atoms with E-state index in [4.69, 9.17) is 11.6 Å². The summed E-state index contributed by atoms with van der Waals surface area (Å²) in [6.45, 7) is -0.288. The number of nitrogens with zero attached hydrogens (tertiary/aromatic N) is 1. The minimum Gasteiger partial charge on any atom is -0.505 e. The third kappa shape index (κ3) is 3.85. The van der Waals surface area contributed by atoms with E-state index in [1.54, 1.807) is 6.08 Å². The molecule has 7 heteroatoms. The first-order valence-electron chi connectivity index (χ1n) is 6.62. The zero-order chi connectivity index (χ0) is 16.1. The molecule has 0 bridgehead atoms. The highest BCUT2D eigenvalue weighted by Crippen LogP contribution is 2.29. The number of ether oxygens (including phenoxy) is 1. The highest BCUT2D eigenvalue weighted by molar-refractivity contribution is 6.31. The largest absolute Gasteiger partial charge is 0.505 e. The van der Waals surface area contributed by atoms with E-state index in [9.17, 15) is 14.7 Å². The fourth-order valence-electron chi connectivity index (χ4n) is 2.00. The van der Waals surface area contributed by atoms with Gasteiger partial charge in [-0.15, -0.1) is 0 Å². The number of hydrogen-bond acceptors (Lipinski definition) is 5. The number of amides is 1. The fourth-order valence-corrected chi connectivity index (χ4v) is 2.24. The number of rotatable bonds is 4. The Balaban J connectivity index is 2.14. The van der Waals surface area contributed by atoms with Crippen LogP contribution < -0.4 is 5.32 Å². The van der Waals surface area contributed by atoms with Crippen LogP contribution in [0.25, 0.3) is 5.57 Å². The van der Waals surface area contributed by atoms with Gasteiger partial charge in [-0.05, 0) is 36.1 Å². The monoisotopic (exact) mass is 322 g/mol. The van der Waals surface area contributed by atoms with Crippen molar-refractivity contribution in [3.05, 3.63) is 40.7 Å². The molecule has 0 atom stereocenters. The molecule has 0 saturated heterocycles. The number of esters is 1. The van der Waals surface area contributed by atoms with Gasteiger partial charge in [0.2, 0.25) is 0 Å². The van der Waals surface area contributed by atoms with E-state index >= 15 is 0 Å². The molecule has 1 aromatic rings. The van der Waals surface area contributed by atoms with Gasteiger partial charge in [0.1, 0.15) is 12.3 Å². The van der Waals surface area contributed by atoms with Gasteiger partial charge in [-0.1, -0.05) is 17.7 Å². The van der Waals surface area contributed by atoms with Gasteiger partial charge < -0.3 is 15.2 Å². The van der Waals surface area contributed by atoms with E-state index in [2.05, 4.69) is 15.0 Å². The van der Waals surface area contributed by atoms with Crippen molar-refractivity contribution in [1.82, 2.24) is 10.3 Å². The van der Waals surface area contributed by atoms with Crippen LogP contribution in [0.1, 0.15) is 28.9 Å². The van der Waals surface area contributed by atoms with E-state index in [1.807, 2.05) is 6.08 Å². The lowest BCUT2D eigenvalue weighted by Crippen LogP contribution is -2.30. The third-order valence-corrected chi connectivity index (χ3v) is 3.40. The average molecular weight is 323 g/mol. The van der Waals surface area contributed by atoms with Gasteiger partial charge in [-0.2, -0.15) is 0 Å². The van der Waals surface area contributed by atoms with E-state index in [-0.39, 0.29) is 18.0 Å². The number of nitrogens with one attached hydrogen (secondary N) is 1. The van der Waals surface area contributed by atoms with Crippen molar-refractivity contribution >= 4 is 29.1 Å². The number of hydrogen-bond donors (Lipinski definition) is 2. The smallest absolute Gasteiger partial charge is 0.325 e. The van der Waals surface area contributed by atoms with E-state index in [0.29, 0.717) is 10.6 Å². The minimum atomic E-state index is -0.648. The average Bonchev–Trinajstić information content (AvgIpc) is 2.52.